The molecule has 0 saturated carbocycles. The van der Waals surface area contributed by atoms with Gasteiger partial charge in [-0.05, 0) is 60.5 Å². The van der Waals surface area contributed by atoms with Crippen molar-refractivity contribution in [1.29, 1.82) is 0 Å². The molecule has 160 valence electrons. The minimum atomic E-state index is -0.462. The zero-order chi connectivity index (χ0) is 22.1. The number of hydrogen-bond donors (Lipinski definition) is 2. The van der Waals surface area contributed by atoms with Gasteiger partial charge in [0.15, 0.2) is 6.61 Å². The molecular weight excluding hydrogens is 460 g/mol. The molecule has 0 saturated heterocycles. The highest BCUT2D eigenvalue weighted by Gasteiger charge is 2.09. The van der Waals surface area contributed by atoms with Crippen molar-refractivity contribution >= 4 is 27.7 Å². The average molecular weight is 483 g/mol. The van der Waals surface area contributed by atoms with Crippen LogP contribution in [0, 0.1) is 6.92 Å². The van der Waals surface area contributed by atoms with Gasteiger partial charge < -0.3 is 9.47 Å². The Balaban J connectivity index is 1.40. The molecule has 3 rings (SSSR count). The monoisotopic (exact) mass is 482 g/mol. The van der Waals surface area contributed by atoms with Gasteiger partial charge >= 0.3 is 0 Å². The van der Waals surface area contributed by atoms with Gasteiger partial charge in [0.2, 0.25) is 0 Å². The lowest BCUT2D eigenvalue weighted by Crippen LogP contribution is -2.43. The summed E-state index contributed by atoms with van der Waals surface area (Å²) in [6.07, 6.45) is 0.803. The first-order valence-electron chi connectivity index (χ1n) is 9.76. The molecule has 3 aromatic carbocycles. The number of halogens is 1. The number of hydrogen-bond acceptors (Lipinski definition) is 4. The van der Waals surface area contributed by atoms with Crippen molar-refractivity contribution in [2.24, 2.45) is 0 Å². The van der Waals surface area contributed by atoms with Crippen LogP contribution in [0.4, 0.5) is 0 Å². The molecule has 6 nitrogen and oxygen atoms in total. The Morgan fingerprint density at radius 3 is 2.35 bits per heavy atom. The zero-order valence-electron chi connectivity index (χ0n) is 17.1. The van der Waals surface area contributed by atoms with Gasteiger partial charge in [-0.3, -0.25) is 20.4 Å². The number of carbonyl (C=O) groups excluding carboxylic acids is 2. The molecule has 0 atom stereocenters. The van der Waals surface area contributed by atoms with Crippen molar-refractivity contribution in [2.45, 2.75) is 13.3 Å². The highest BCUT2D eigenvalue weighted by atomic mass is 79.9. The van der Waals surface area contributed by atoms with Gasteiger partial charge in [0.05, 0.1) is 6.61 Å². The maximum Gasteiger partial charge on any atom is 0.276 e. The van der Waals surface area contributed by atoms with Crippen LogP contribution in [0.25, 0.3) is 0 Å². The lowest BCUT2D eigenvalue weighted by Gasteiger charge is -2.11. The second-order valence-corrected chi connectivity index (χ2v) is 7.72. The Hall–Kier alpha value is -3.32. The fraction of sp³-hybridized carbons (Fsp3) is 0.167. The number of ether oxygens (including phenoxy) is 2. The predicted molar refractivity (Wildman–Crippen MR) is 122 cm³/mol. The fourth-order valence-electron chi connectivity index (χ4n) is 2.79. The Labute approximate surface area is 189 Å². The summed E-state index contributed by atoms with van der Waals surface area (Å²) in [5, 5.41) is 0. The standard InChI is InChI=1S/C24H23BrN2O4/c1-17-15-20(25)9-12-22(17)31-16-23(28)26-27-24(29)19-7-10-21(11-8-19)30-14-13-18-5-3-2-4-6-18/h2-12,15H,13-14,16H2,1H3,(H,26,28)(H,27,29). The molecule has 0 aliphatic rings. The van der Waals surface area contributed by atoms with E-state index in [4.69, 9.17) is 9.47 Å². The minimum absolute atomic E-state index is 0.211. The second kappa shape index (κ2) is 11.2. The first-order valence-corrected chi connectivity index (χ1v) is 10.6. The summed E-state index contributed by atoms with van der Waals surface area (Å²) in [5.41, 5.74) is 7.23. The van der Waals surface area contributed by atoms with Gasteiger partial charge in [-0.15, -0.1) is 0 Å². The van der Waals surface area contributed by atoms with Crippen molar-refractivity contribution in [3.05, 3.63) is 94.0 Å². The SMILES string of the molecule is Cc1cc(Br)ccc1OCC(=O)NNC(=O)c1ccc(OCCc2ccccc2)cc1. The number of carbonyl (C=O) groups is 2. The smallest absolute Gasteiger partial charge is 0.276 e. The van der Waals surface area contributed by atoms with Gasteiger partial charge in [0.1, 0.15) is 11.5 Å². The van der Waals surface area contributed by atoms with Crippen molar-refractivity contribution in [1.82, 2.24) is 10.9 Å². The molecule has 0 unspecified atom stereocenters. The maximum atomic E-state index is 12.2. The Bertz CT molecular complexity index is 1020. The highest BCUT2D eigenvalue weighted by Crippen LogP contribution is 2.22. The first-order chi connectivity index (χ1) is 15.0. The molecule has 0 bridgehead atoms. The zero-order valence-corrected chi connectivity index (χ0v) is 18.6. The summed E-state index contributed by atoms with van der Waals surface area (Å²) in [7, 11) is 0. The number of nitrogens with one attached hydrogen (secondary N) is 2. The largest absolute Gasteiger partial charge is 0.493 e. The van der Waals surface area contributed by atoms with E-state index in [1.165, 1.54) is 5.56 Å². The van der Waals surface area contributed by atoms with Crippen LogP contribution < -0.4 is 20.3 Å². The van der Waals surface area contributed by atoms with Gasteiger partial charge in [-0.2, -0.15) is 0 Å². The van der Waals surface area contributed by atoms with E-state index in [2.05, 4.69) is 38.9 Å². The lowest BCUT2D eigenvalue weighted by atomic mass is 10.2. The van der Waals surface area contributed by atoms with Crippen LogP contribution in [0.1, 0.15) is 21.5 Å². The predicted octanol–water partition coefficient (Wildman–Crippen LogP) is 4.22. The van der Waals surface area contributed by atoms with E-state index in [1.807, 2.05) is 37.3 Å². The van der Waals surface area contributed by atoms with Crippen molar-refractivity contribution in [2.75, 3.05) is 13.2 Å². The Kier molecular flexibility index (Phi) is 8.06. The second-order valence-electron chi connectivity index (χ2n) is 6.81. The van der Waals surface area contributed by atoms with Crippen molar-refractivity contribution < 1.29 is 19.1 Å². The molecule has 31 heavy (non-hydrogen) atoms. The number of hydrazine groups is 1. The van der Waals surface area contributed by atoms with Gasteiger partial charge in [0.25, 0.3) is 11.8 Å². The number of amides is 2. The van der Waals surface area contributed by atoms with Gasteiger partial charge in [-0.1, -0.05) is 46.3 Å². The topological polar surface area (TPSA) is 76.7 Å². The minimum Gasteiger partial charge on any atom is -0.493 e. The number of aryl methyl sites for hydroxylation is 1. The fourth-order valence-corrected chi connectivity index (χ4v) is 3.26. The van der Waals surface area contributed by atoms with Crippen LogP contribution in [0.3, 0.4) is 0 Å². The van der Waals surface area contributed by atoms with E-state index >= 15 is 0 Å². The molecule has 0 spiro atoms. The molecule has 3 aromatic rings. The van der Waals surface area contributed by atoms with Crippen LogP contribution >= 0.6 is 15.9 Å². The summed E-state index contributed by atoms with van der Waals surface area (Å²) in [4.78, 5) is 24.2. The summed E-state index contributed by atoms with van der Waals surface area (Å²) in [6, 6.07) is 22.3. The molecule has 2 amide bonds. The normalized spacial score (nSPS) is 10.3. The molecule has 0 heterocycles. The quantitative estimate of drug-likeness (QED) is 0.471. The lowest BCUT2D eigenvalue weighted by molar-refractivity contribution is -0.123. The van der Waals surface area contributed by atoms with Crippen LogP contribution in [-0.2, 0) is 11.2 Å². The molecule has 2 N–H and O–H groups in total. The van der Waals surface area contributed by atoms with E-state index < -0.39 is 11.8 Å². The highest BCUT2D eigenvalue weighted by molar-refractivity contribution is 9.10. The number of rotatable bonds is 8. The molecule has 0 fully saturated rings. The van der Waals surface area contributed by atoms with E-state index in [-0.39, 0.29) is 6.61 Å². The van der Waals surface area contributed by atoms with Gasteiger partial charge in [0, 0.05) is 16.5 Å². The molecule has 0 aliphatic carbocycles. The molecule has 0 aliphatic heterocycles. The van der Waals surface area contributed by atoms with Crippen LogP contribution in [0.5, 0.6) is 11.5 Å². The molecule has 0 aromatic heterocycles. The Morgan fingerprint density at radius 1 is 0.903 bits per heavy atom. The average Bonchev–Trinajstić information content (AvgIpc) is 2.78. The third kappa shape index (κ3) is 7.15. The Morgan fingerprint density at radius 2 is 1.65 bits per heavy atom. The van der Waals surface area contributed by atoms with E-state index in [9.17, 15) is 9.59 Å². The first kappa shape index (κ1) is 22.4. The number of benzene rings is 3. The third-order valence-corrected chi connectivity index (χ3v) is 4.92. The molecule has 7 heteroatoms. The van der Waals surface area contributed by atoms with Crippen molar-refractivity contribution in [3.8, 4) is 11.5 Å². The van der Waals surface area contributed by atoms with Crippen molar-refractivity contribution in [3.63, 3.8) is 0 Å². The van der Waals surface area contributed by atoms with E-state index in [1.54, 1.807) is 30.3 Å². The summed E-state index contributed by atoms with van der Waals surface area (Å²) in [5.74, 6) is 0.392. The third-order valence-electron chi connectivity index (χ3n) is 4.43. The van der Waals surface area contributed by atoms with Crippen LogP contribution in [0.15, 0.2) is 77.3 Å². The van der Waals surface area contributed by atoms with Gasteiger partial charge in [-0.25, -0.2) is 0 Å². The summed E-state index contributed by atoms with van der Waals surface area (Å²) < 4.78 is 12.1. The van der Waals surface area contributed by atoms with E-state index in [0.29, 0.717) is 23.7 Å². The maximum absolute atomic E-state index is 12.2. The van der Waals surface area contributed by atoms with Crippen LogP contribution in [0.2, 0.25) is 0 Å². The molecule has 0 radical (unpaired) electrons. The van der Waals surface area contributed by atoms with Crippen LogP contribution in [-0.4, -0.2) is 25.0 Å². The van der Waals surface area contributed by atoms with E-state index in [0.717, 1.165) is 16.5 Å². The summed E-state index contributed by atoms with van der Waals surface area (Å²) in [6.45, 7) is 2.22. The molecular formula is C24H23BrN2O4. The summed E-state index contributed by atoms with van der Waals surface area (Å²) >= 11 is 3.38.